The van der Waals surface area contributed by atoms with Crippen LogP contribution in [0.2, 0.25) is 0 Å². The molecule has 0 saturated carbocycles. The van der Waals surface area contributed by atoms with Crippen LogP contribution in [0.5, 0.6) is 0 Å². The molecule has 1 aromatic carbocycles. The van der Waals surface area contributed by atoms with Crippen molar-refractivity contribution < 1.29 is 4.79 Å². The maximum atomic E-state index is 12.4. The van der Waals surface area contributed by atoms with E-state index in [9.17, 15) is 4.79 Å². The van der Waals surface area contributed by atoms with Gasteiger partial charge in [-0.05, 0) is 5.56 Å². The van der Waals surface area contributed by atoms with Gasteiger partial charge in [-0.1, -0.05) is 30.3 Å². The van der Waals surface area contributed by atoms with E-state index in [0.29, 0.717) is 18.4 Å². The second-order valence-corrected chi connectivity index (χ2v) is 7.07. The molecular weight excluding hydrogens is 330 g/mol. The molecule has 23 heavy (non-hydrogen) atoms. The predicted molar refractivity (Wildman–Crippen MR) is 99.4 cm³/mol. The zero-order valence-electron chi connectivity index (χ0n) is 13.4. The summed E-state index contributed by atoms with van der Waals surface area (Å²) in [7, 11) is 0. The third-order valence-electron chi connectivity index (χ3n) is 4.51. The lowest BCUT2D eigenvalue weighted by molar-refractivity contribution is -0.132. The van der Waals surface area contributed by atoms with E-state index in [1.54, 1.807) is 0 Å². The van der Waals surface area contributed by atoms with Gasteiger partial charge in [0.1, 0.15) is 0 Å². The van der Waals surface area contributed by atoms with Gasteiger partial charge in [0.25, 0.3) is 0 Å². The van der Waals surface area contributed by atoms with Gasteiger partial charge in [-0.3, -0.25) is 9.69 Å². The summed E-state index contributed by atoms with van der Waals surface area (Å²) in [5.74, 6) is 2.61. The highest BCUT2D eigenvalue weighted by molar-refractivity contribution is 7.99. The molecule has 1 atom stereocenters. The number of rotatable bonds is 4. The first-order valence-electron chi connectivity index (χ1n) is 8.20. The van der Waals surface area contributed by atoms with Gasteiger partial charge in [-0.25, -0.2) is 0 Å². The number of nitrogens with one attached hydrogen (secondary N) is 1. The first-order valence-corrected chi connectivity index (χ1v) is 9.35. The van der Waals surface area contributed by atoms with E-state index in [0.717, 1.165) is 45.0 Å². The van der Waals surface area contributed by atoms with Gasteiger partial charge in [0.05, 0.1) is 0 Å². The zero-order valence-corrected chi connectivity index (χ0v) is 15.1. The van der Waals surface area contributed by atoms with E-state index < -0.39 is 0 Å². The summed E-state index contributed by atoms with van der Waals surface area (Å²) in [5, 5.41) is 3.30. The Balaban J connectivity index is 0.00000192. The maximum Gasteiger partial charge on any atom is 0.223 e. The highest BCUT2D eigenvalue weighted by Gasteiger charge is 2.25. The van der Waals surface area contributed by atoms with Crippen molar-refractivity contribution in [1.82, 2.24) is 15.1 Å². The highest BCUT2D eigenvalue weighted by Crippen LogP contribution is 2.29. The average Bonchev–Trinajstić information content (AvgIpc) is 2.61. The molecule has 2 aliphatic rings. The molecule has 6 heteroatoms. The predicted octanol–water partition coefficient (Wildman–Crippen LogP) is 2.02. The molecule has 4 nitrogen and oxygen atoms in total. The van der Waals surface area contributed by atoms with E-state index in [4.69, 9.17) is 0 Å². The Morgan fingerprint density at radius 1 is 1.17 bits per heavy atom. The fraction of sp³-hybridized carbons (Fsp3) is 0.588. The smallest absolute Gasteiger partial charge is 0.223 e. The van der Waals surface area contributed by atoms with E-state index in [-0.39, 0.29) is 12.4 Å². The molecule has 0 spiro atoms. The van der Waals surface area contributed by atoms with Crippen molar-refractivity contribution in [1.29, 1.82) is 0 Å². The molecule has 1 amide bonds. The number of carbonyl (C=O) groups is 1. The van der Waals surface area contributed by atoms with Gasteiger partial charge in [0.15, 0.2) is 0 Å². The molecule has 128 valence electrons. The SMILES string of the molecule is Cl.O=C(CCN1CCSCC1c1ccccc1)N1CCNCC1. The zero-order chi connectivity index (χ0) is 15.2. The monoisotopic (exact) mass is 355 g/mol. The van der Waals surface area contributed by atoms with E-state index in [1.807, 2.05) is 16.7 Å². The molecule has 1 unspecified atom stereocenters. The lowest BCUT2D eigenvalue weighted by Gasteiger charge is -2.36. The third-order valence-corrected chi connectivity index (χ3v) is 5.53. The number of halogens is 1. The summed E-state index contributed by atoms with van der Waals surface area (Å²) in [5.41, 5.74) is 1.38. The molecule has 1 aromatic rings. The summed E-state index contributed by atoms with van der Waals surface area (Å²) in [6, 6.07) is 11.2. The Labute approximate surface area is 149 Å². The van der Waals surface area contributed by atoms with E-state index in [2.05, 4.69) is 40.5 Å². The fourth-order valence-corrected chi connectivity index (χ4v) is 4.36. The van der Waals surface area contributed by atoms with Crippen LogP contribution in [-0.4, -0.2) is 66.5 Å². The van der Waals surface area contributed by atoms with Crippen LogP contribution < -0.4 is 5.32 Å². The number of hydrogen-bond donors (Lipinski definition) is 1. The van der Waals surface area contributed by atoms with Gasteiger partial charge in [-0.15, -0.1) is 12.4 Å². The summed E-state index contributed by atoms with van der Waals surface area (Å²) in [6.07, 6.45) is 0.647. The fourth-order valence-electron chi connectivity index (χ4n) is 3.20. The molecule has 0 radical (unpaired) electrons. The van der Waals surface area contributed by atoms with Crippen LogP contribution in [0.25, 0.3) is 0 Å². The molecule has 2 fully saturated rings. The minimum Gasteiger partial charge on any atom is -0.340 e. The first kappa shape index (κ1) is 18.6. The lowest BCUT2D eigenvalue weighted by atomic mass is 10.1. The minimum atomic E-state index is 0. The van der Waals surface area contributed by atoms with Gasteiger partial charge < -0.3 is 10.2 Å². The van der Waals surface area contributed by atoms with Crippen molar-refractivity contribution in [2.45, 2.75) is 12.5 Å². The second-order valence-electron chi connectivity index (χ2n) is 5.92. The van der Waals surface area contributed by atoms with Crippen molar-refractivity contribution >= 4 is 30.1 Å². The molecule has 0 bridgehead atoms. The minimum absolute atomic E-state index is 0. The standard InChI is InChI=1S/C17H25N3OS.ClH/c21-17(20-10-7-18-8-11-20)6-9-19-12-13-22-14-16(19)15-4-2-1-3-5-15;/h1-5,16,18H,6-14H2;1H. The second kappa shape index (κ2) is 9.52. The first-order chi connectivity index (χ1) is 10.8. The van der Waals surface area contributed by atoms with Crippen molar-refractivity contribution in [2.24, 2.45) is 0 Å². The quantitative estimate of drug-likeness (QED) is 0.896. The van der Waals surface area contributed by atoms with Gasteiger partial charge in [0, 0.05) is 63.2 Å². The van der Waals surface area contributed by atoms with Crippen LogP contribution in [-0.2, 0) is 4.79 Å². The summed E-state index contributed by atoms with van der Waals surface area (Å²) < 4.78 is 0. The van der Waals surface area contributed by atoms with Gasteiger partial charge in [-0.2, -0.15) is 11.8 Å². The Morgan fingerprint density at radius 2 is 1.91 bits per heavy atom. The molecule has 1 N–H and O–H groups in total. The van der Waals surface area contributed by atoms with Crippen molar-refractivity contribution in [3.05, 3.63) is 35.9 Å². The van der Waals surface area contributed by atoms with E-state index in [1.165, 1.54) is 11.3 Å². The van der Waals surface area contributed by atoms with E-state index >= 15 is 0 Å². The molecule has 2 heterocycles. The number of amides is 1. The lowest BCUT2D eigenvalue weighted by Crippen LogP contribution is -2.47. The summed E-state index contributed by atoms with van der Waals surface area (Å²) in [4.78, 5) is 16.8. The number of benzene rings is 1. The van der Waals surface area contributed by atoms with Crippen molar-refractivity contribution in [3.63, 3.8) is 0 Å². The third kappa shape index (κ3) is 5.11. The summed E-state index contributed by atoms with van der Waals surface area (Å²) >= 11 is 2.02. The Hall–Kier alpha value is -0.750. The largest absolute Gasteiger partial charge is 0.340 e. The molecule has 2 aliphatic heterocycles. The number of nitrogens with zero attached hydrogens (tertiary/aromatic N) is 2. The topological polar surface area (TPSA) is 35.6 Å². The number of piperazine rings is 1. The van der Waals surface area contributed by atoms with Crippen molar-refractivity contribution in [3.8, 4) is 0 Å². The highest BCUT2D eigenvalue weighted by atomic mass is 35.5. The Bertz CT molecular complexity index is 482. The van der Waals surface area contributed by atoms with Crippen LogP contribution in [0.1, 0.15) is 18.0 Å². The van der Waals surface area contributed by atoms with Gasteiger partial charge >= 0.3 is 0 Å². The Kier molecular flexibility index (Phi) is 7.70. The van der Waals surface area contributed by atoms with Crippen LogP contribution >= 0.6 is 24.2 Å². The molecule has 3 rings (SSSR count). The molecule has 0 aliphatic carbocycles. The number of carbonyl (C=O) groups excluding carboxylic acids is 1. The van der Waals surface area contributed by atoms with Crippen molar-refractivity contribution in [2.75, 3.05) is 50.8 Å². The van der Waals surface area contributed by atoms with Crippen LogP contribution in [0, 0.1) is 0 Å². The van der Waals surface area contributed by atoms with Crippen LogP contribution in [0.15, 0.2) is 30.3 Å². The average molecular weight is 356 g/mol. The maximum absolute atomic E-state index is 12.4. The Morgan fingerprint density at radius 3 is 2.65 bits per heavy atom. The van der Waals surface area contributed by atoms with Gasteiger partial charge in [0.2, 0.25) is 5.91 Å². The number of thioether (sulfide) groups is 1. The van der Waals surface area contributed by atoms with Crippen LogP contribution in [0.3, 0.4) is 0 Å². The molecular formula is C17H26ClN3OS. The molecule has 2 saturated heterocycles. The normalized spacial score (nSPS) is 22.4. The summed E-state index contributed by atoms with van der Waals surface area (Å²) in [6.45, 7) is 5.53. The number of hydrogen-bond acceptors (Lipinski definition) is 4. The molecule has 0 aromatic heterocycles. The van der Waals surface area contributed by atoms with Crippen LogP contribution in [0.4, 0.5) is 0 Å².